The normalized spacial score (nSPS) is 10.9. The van der Waals surface area contributed by atoms with E-state index in [0.717, 1.165) is 11.1 Å². The predicted octanol–water partition coefficient (Wildman–Crippen LogP) is 1.61. The van der Waals surface area contributed by atoms with Crippen LogP contribution in [0.2, 0.25) is 0 Å². The summed E-state index contributed by atoms with van der Waals surface area (Å²) in [6.45, 7) is 0. The molecule has 0 saturated carbocycles. The SMILES string of the molecule is c1ccc2oc(-c3cn[nH]n3)nc2c1. The van der Waals surface area contributed by atoms with Gasteiger partial charge in [-0.15, -0.1) is 0 Å². The first-order valence-corrected chi connectivity index (χ1v) is 4.15. The van der Waals surface area contributed by atoms with Crippen molar-refractivity contribution in [2.75, 3.05) is 0 Å². The number of para-hydroxylation sites is 2. The van der Waals surface area contributed by atoms with Crippen LogP contribution in [0.4, 0.5) is 0 Å². The second-order valence-electron chi connectivity index (χ2n) is 2.84. The van der Waals surface area contributed by atoms with Crippen molar-refractivity contribution in [3.05, 3.63) is 30.5 Å². The predicted molar refractivity (Wildman–Crippen MR) is 49.4 cm³/mol. The summed E-state index contributed by atoms with van der Waals surface area (Å²) in [6.07, 6.45) is 1.57. The van der Waals surface area contributed by atoms with E-state index in [1.54, 1.807) is 6.20 Å². The quantitative estimate of drug-likeness (QED) is 0.626. The summed E-state index contributed by atoms with van der Waals surface area (Å²) in [5, 5.41) is 10.1. The number of nitrogens with zero attached hydrogens (tertiary/aromatic N) is 3. The van der Waals surface area contributed by atoms with Gasteiger partial charge in [-0.1, -0.05) is 12.1 Å². The Morgan fingerprint density at radius 3 is 2.93 bits per heavy atom. The van der Waals surface area contributed by atoms with Crippen molar-refractivity contribution in [3.63, 3.8) is 0 Å². The minimum atomic E-state index is 0.486. The fraction of sp³-hybridized carbons (Fsp3) is 0. The van der Waals surface area contributed by atoms with E-state index in [1.165, 1.54) is 0 Å². The number of oxazole rings is 1. The number of rotatable bonds is 1. The first-order chi connectivity index (χ1) is 6.93. The summed E-state index contributed by atoms with van der Waals surface area (Å²) in [5.74, 6) is 0.486. The number of nitrogens with one attached hydrogen (secondary N) is 1. The van der Waals surface area contributed by atoms with Crippen LogP contribution in [0.3, 0.4) is 0 Å². The van der Waals surface area contributed by atoms with Gasteiger partial charge >= 0.3 is 0 Å². The molecule has 2 heterocycles. The number of hydrogen-bond donors (Lipinski definition) is 1. The molecule has 1 aromatic carbocycles. The van der Waals surface area contributed by atoms with Crippen molar-refractivity contribution in [3.8, 4) is 11.6 Å². The van der Waals surface area contributed by atoms with Crippen LogP contribution in [0.25, 0.3) is 22.7 Å². The van der Waals surface area contributed by atoms with Crippen molar-refractivity contribution in [2.24, 2.45) is 0 Å². The Hall–Kier alpha value is -2.17. The third-order valence-electron chi connectivity index (χ3n) is 1.93. The van der Waals surface area contributed by atoms with Gasteiger partial charge in [-0.25, -0.2) is 4.98 Å². The third-order valence-corrected chi connectivity index (χ3v) is 1.93. The van der Waals surface area contributed by atoms with E-state index >= 15 is 0 Å². The van der Waals surface area contributed by atoms with E-state index in [1.807, 2.05) is 24.3 Å². The summed E-state index contributed by atoms with van der Waals surface area (Å²) < 4.78 is 5.48. The van der Waals surface area contributed by atoms with Crippen molar-refractivity contribution >= 4 is 11.1 Å². The molecule has 3 rings (SSSR count). The number of aromatic amines is 1. The van der Waals surface area contributed by atoms with E-state index in [4.69, 9.17) is 4.42 Å². The Morgan fingerprint density at radius 1 is 1.21 bits per heavy atom. The fourth-order valence-corrected chi connectivity index (χ4v) is 1.29. The minimum Gasteiger partial charge on any atom is -0.435 e. The largest absolute Gasteiger partial charge is 0.435 e. The highest BCUT2D eigenvalue weighted by Gasteiger charge is 2.08. The summed E-state index contributed by atoms with van der Waals surface area (Å²) >= 11 is 0. The summed E-state index contributed by atoms with van der Waals surface area (Å²) in [5.41, 5.74) is 2.19. The van der Waals surface area contributed by atoms with E-state index in [0.29, 0.717) is 11.6 Å². The van der Waals surface area contributed by atoms with Crippen LogP contribution >= 0.6 is 0 Å². The zero-order valence-electron chi connectivity index (χ0n) is 7.14. The highest BCUT2D eigenvalue weighted by atomic mass is 16.3. The molecule has 68 valence electrons. The minimum absolute atomic E-state index is 0.486. The molecule has 0 aliphatic carbocycles. The molecule has 3 aromatic rings. The van der Waals surface area contributed by atoms with Crippen LogP contribution < -0.4 is 0 Å². The zero-order valence-corrected chi connectivity index (χ0v) is 7.14. The molecule has 0 saturated heterocycles. The van der Waals surface area contributed by atoms with Crippen LogP contribution in [0.1, 0.15) is 0 Å². The maximum atomic E-state index is 5.48. The molecule has 0 aliphatic heterocycles. The molecule has 0 unspecified atom stereocenters. The van der Waals surface area contributed by atoms with Gasteiger partial charge < -0.3 is 4.42 Å². The van der Waals surface area contributed by atoms with Gasteiger partial charge in [0.2, 0.25) is 5.89 Å². The molecule has 1 N–H and O–H groups in total. The van der Waals surface area contributed by atoms with Crippen molar-refractivity contribution in [2.45, 2.75) is 0 Å². The Morgan fingerprint density at radius 2 is 2.14 bits per heavy atom. The fourth-order valence-electron chi connectivity index (χ4n) is 1.29. The lowest BCUT2D eigenvalue weighted by Crippen LogP contribution is -1.75. The molecule has 2 aromatic heterocycles. The number of hydrogen-bond acceptors (Lipinski definition) is 4. The first-order valence-electron chi connectivity index (χ1n) is 4.15. The Kier molecular flexibility index (Phi) is 1.38. The maximum Gasteiger partial charge on any atom is 0.249 e. The van der Waals surface area contributed by atoms with E-state index in [9.17, 15) is 0 Å². The van der Waals surface area contributed by atoms with Gasteiger partial charge in [0.25, 0.3) is 0 Å². The second kappa shape index (κ2) is 2.66. The lowest BCUT2D eigenvalue weighted by Gasteiger charge is -1.82. The summed E-state index contributed by atoms with van der Waals surface area (Å²) in [6, 6.07) is 7.58. The third kappa shape index (κ3) is 0.990. The van der Waals surface area contributed by atoms with Gasteiger partial charge in [-0.05, 0) is 12.1 Å². The van der Waals surface area contributed by atoms with Crippen LogP contribution in [0.15, 0.2) is 34.9 Å². The molecule has 14 heavy (non-hydrogen) atoms. The zero-order chi connectivity index (χ0) is 9.38. The number of aromatic nitrogens is 4. The molecule has 0 radical (unpaired) electrons. The molecule has 0 bridgehead atoms. The molecule has 0 fully saturated rings. The number of H-pyrrole nitrogens is 1. The first kappa shape index (κ1) is 7.25. The topological polar surface area (TPSA) is 67.6 Å². The summed E-state index contributed by atoms with van der Waals surface area (Å²) in [4.78, 5) is 4.27. The summed E-state index contributed by atoms with van der Waals surface area (Å²) in [7, 11) is 0. The lowest BCUT2D eigenvalue weighted by molar-refractivity contribution is 0.616. The molecular weight excluding hydrogens is 180 g/mol. The van der Waals surface area contributed by atoms with Crippen LogP contribution in [-0.4, -0.2) is 20.4 Å². The van der Waals surface area contributed by atoms with Gasteiger partial charge in [-0.3, -0.25) is 0 Å². The van der Waals surface area contributed by atoms with E-state index in [-0.39, 0.29) is 0 Å². The standard InChI is InChI=1S/C9H6N4O/c1-2-4-8-6(3-1)11-9(14-8)7-5-10-13-12-7/h1-5H,(H,10,12,13). The highest BCUT2D eigenvalue weighted by molar-refractivity contribution is 5.75. The monoisotopic (exact) mass is 186 g/mol. The van der Waals surface area contributed by atoms with Crippen molar-refractivity contribution < 1.29 is 4.42 Å². The Bertz CT molecular complexity index is 522. The van der Waals surface area contributed by atoms with Crippen molar-refractivity contribution in [1.82, 2.24) is 20.4 Å². The average molecular weight is 186 g/mol. The van der Waals surface area contributed by atoms with E-state index in [2.05, 4.69) is 20.4 Å². The van der Waals surface area contributed by atoms with Gasteiger partial charge in [0.05, 0.1) is 6.20 Å². The molecule has 0 spiro atoms. The molecule has 0 amide bonds. The van der Waals surface area contributed by atoms with Gasteiger partial charge in [-0.2, -0.15) is 15.4 Å². The number of fused-ring (bicyclic) bond motifs is 1. The Balaban J connectivity index is 2.24. The van der Waals surface area contributed by atoms with Crippen LogP contribution in [-0.2, 0) is 0 Å². The van der Waals surface area contributed by atoms with Crippen LogP contribution in [0.5, 0.6) is 0 Å². The molecular formula is C9H6N4O. The molecule has 5 heteroatoms. The molecule has 0 aliphatic rings. The van der Waals surface area contributed by atoms with Gasteiger partial charge in [0.1, 0.15) is 5.52 Å². The highest BCUT2D eigenvalue weighted by Crippen LogP contribution is 2.21. The number of benzene rings is 1. The van der Waals surface area contributed by atoms with Gasteiger partial charge in [0.15, 0.2) is 11.3 Å². The van der Waals surface area contributed by atoms with Crippen LogP contribution in [0, 0.1) is 0 Å². The maximum absolute atomic E-state index is 5.48. The lowest BCUT2D eigenvalue weighted by atomic mass is 10.3. The molecule has 0 atom stereocenters. The van der Waals surface area contributed by atoms with Crippen molar-refractivity contribution in [1.29, 1.82) is 0 Å². The second-order valence-corrected chi connectivity index (χ2v) is 2.84. The van der Waals surface area contributed by atoms with E-state index < -0.39 is 0 Å². The smallest absolute Gasteiger partial charge is 0.249 e. The van der Waals surface area contributed by atoms with Gasteiger partial charge in [0, 0.05) is 0 Å². The average Bonchev–Trinajstić information content (AvgIpc) is 2.86. The Labute approximate surface area is 78.8 Å². The molecule has 5 nitrogen and oxygen atoms in total.